The summed E-state index contributed by atoms with van der Waals surface area (Å²) >= 11 is 0. The summed E-state index contributed by atoms with van der Waals surface area (Å²) in [5.74, 6) is 0. The molecule has 0 amide bonds. The van der Waals surface area contributed by atoms with Crippen LogP contribution in [0, 0.1) is 0 Å². The number of furan rings is 1. The number of fused-ring (bicyclic) bond motifs is 12. The van der Waals surface area contributed by atoms with Crippen molar-refractivity contribution in [1.82, 2.24) is 0 Å². The van der Waals surface area contributed by atoms with E-state index in [1.54, 1.807) is 0 Å². The zero-order chi connectivity index (χ0) is 45.1. The molecule has 2 aliphatic carbocycles. The molecule has 0 radical (unpaired) electrons. The summed E-state index contributed by atoms with van der Waals surface area (Å²) in [6.07, 6.45) is 0. The maximum absolute atomic E-state index is 7.36. The third-order valence-corrected chi connectivity index (χ3v) is 15.3. The van der Waals surface area contributed by atoms with Gasteiger partial charge in [0.25, 0.3) is 0 Å². The Labute approximate surface area is 396 Å². The number of rotatable bonds is 6. The molecule has 0 saturated carbocycles. The lowest BCUT2D eigenvalue weighted by Gasteiger charge is -2.36. The second kappa shape index (κ2) is 14.5. The second-order valence-corrected chi connectivity index (χ2v) is 19.2. The third kappa shape index (κ3) is 5.40. The number of nitrogens with zero attached hydrogens (tertiary/aromatic N) is 1. The molecule has 0 spiro atoms. The molecule has 2 heteroatoms. The normalized spacial score (nSPS) is 14.0. The van der Waals surface area contributed by atoms with Crippen LogP contribution in [0.5, 0.6) is 0 Å². The number of benzene rings is 11. The molecule has 68 heavy (non-hydrogen) atoms. The van der Waals surface area contributed by atoms with Crippen LogP contribution in [0.4, 0.5) is 17.1 Å². The van der Waals surface area contributed by atoms with E-state index in [9.17, 15) is 0 Å². The molecule has 320 valence electrons. The molecular formula is C66H45NO. The molecule has 0 N–H and O–H groups in total. The predicted octanol–water partition coefficient (Wildman–Crippen LogP) is 17.7. The highest BCUT2D eigenvalue weighted by molar-refractivity contribution is 6.20. The van der Waals surface area contributed by atoms with Gasteiger partial charge in [-0.2, -0.15) is 0 Å². The Kier molecular flexibility index (Phi) is 8.28. The maximum atomic E-state index is 7.36. The summed E-state index contributed by atoms with van der Waals surface area (Å²) in [7, 11) is 0. The van der Waals surface area contributed by atoms with Gasteiger partial charge in [-0.15, -0.1) is 0 Å². The summed E-state index contributed by atoms with van der Waals surface area (Å²) in [5, 5.41) is 7.03. The van der Waals surface area contributed by atoms with Crippen molar-refractivity contribution in [2.75, 3.05) is 4.90 Å². The molecule has 0 bridgehead atoms. The highest BCUT2D eigenvalue weighted by Gasteiger charge is 2.49. The molecule has 0 atom stereocenters. The van der Waals surface area contributed by atoms with Crippen LogP contribution in [-0.4, -0.2) is 0 Å². The zero-order valence-electron chi connectivity index (χ0n) is 37.9. The monoisotopic (exact) mass is 867 g/mol. The van der Waals surface area contributed by atoms with Crippen molar-refractivity contribution in [3.05, 3.63) is 270 Å². The van der Waals surface area contributed by atoms with E-state index in [0.717, 1.165) is 55.7 Å². The largest absolute Gasteiger partial charge is 0.455 e. The summed E-state index contributed by atoms with van der Waals surface area (Å²) in [4.78, 5) is 2.54. The lowest BCUT2D eigenvalue weighted by molar-refractivity contribution is 0.660. The minimum absolute atomic E-state index is 0.203. The molecule has 11 aromatic carbocycles. The van der Waals surface area contributed by atoms with Gasteiger partial charge in [-0.1, -0.05) is 208 Å². The topological polar surface area (TPSA) is 16.4 Å². The molecular weight excluding hydrogens is 823 g/mol. The Morgan fingerprint density at radius 3 is 1.69 bits per heavy atom. The van der Waals surface area contributed by atoms with Gasteiger partial charge in [-0.05, 0) is 120 Å². The highest BCUT2D eigenvalue weighted by atomic mass is 16.3. The van der Waals surface area contributed by atoms with E-state index in [4.69, 9.17) is 4.42 Å². The first-order chi connectivity index (χ1) is 33.5. The van der Waals surface area contributed by atoms with Crippen LogP contribution in [0.3, 0.4) is 0 Å². The summed E-state index contributed by atoms with van der Waals surface area (Å²) in [5.41, 5.74) is 18.9. The first-order valence-corrected chi connectivity index (χ1v) is 23.7. The number of para-hydroxylation sites is 2. The van der Waals surface area contributed by atoms with E-state index in [1.165, 1.54) is 71.6 Å². The summed E-state index contributed by atoms with van der Waals surface area (Å²) in [6, 6.07) is 87.8. The lowest BCUT2D eigenvalue weighted by Crippen LogP contribution is -2.29. The lowest BCUT2D eigenvalue weighted by atomic mass is 9.67. The Morgan fingerprint density at radius 1 is 0.382 bits per heavy atom. The Balaban J connectivity index is 1.16. The van der Waals surface area contributed by atoms with Gasteiger partial charge in [-0.25, -0.2) is 0 Å². The Hall–Kier alpha value is -8.46. The van der Waals surface area contributed by atoms with Gasteiger partial charge >= 0.3 is 0 Å². The molecule has 0 unspecified atom stereocenters. The summed E-state index contributed by atoms with van der Waals surface area (Å²) < 4.78 is 7.36. The molecule has 1 aromatic heterocycles. The van der Waals surface area contributed by atoms with Gasteiger partial charge < -0.3 is 9.32 Å². The van der Waals surface area contributed by atoms with E-state index in [1.807, 2.05) is 0 Å². The van der Waals surface area contributed by atoms with Gasteiger partial charge in [0.15, 0.2) is 0 Å². The van der Waals surface area contributed by atoms with Crippen molar-refractivity contribution in [2.45, 2.75) is 24.7 Å². The van der Waals surface area contributed by atoms with Crippen molar-refractivity contribution >= 4 is 60.5 Å². The van der Waals surface area contributed by atoms with Crippen molar-refractivity contribution in [3.63, 3.8) is 0 Å². The van der Waals surface area contributed by atoms with Crippen LogP contribution in [0.25, 0.3) is 76.9 Å². The number of hydrogen-bond acceptors (Lipinski definition) is 2. The van der Waals surface area contributed by atoms with Crippen molar-refractivity contribution < 1.29 is 4.42 Å². The Bertz CT molecular complexity index is 3940. The first kappa shape index (κ1) is 38.8. The van der Waals surface area contributed by atoms with Crippen molar-refractivity contribution in [3.8, 4) is 33.4 Å². The molecule has 0 aliphatic heterocycles. The Morgan fingerprint density at radius 2 is 0.956 bits per heavy atom. The number of anilines is 3. The standard InChI is InChI=1S/C66H45NO/c1-65(2)55-28-14-10-25-51(55)52-37-36-49(40-57(52)65)67(59-30-16-12-24-50(59)44-20-4-3-5-21-44)60-41-58-62(64-63(60)54-27-13-17-31-61(54)68-64)53-26-11-15-29-56(53)66(58,47-34-32-42-18-6-8-22-45(42)38-47)48-35-33-43-19-7-9-23-46(43)39-48/h3-41H,1-2H3. The van der Waals surface area contributed by atoms with Crippen LogP contribution < -0.4 is 4.90 Å². The SMILES string of the molecule is CC1(C)c2ccccc2-c2ccc(N(c3ccccc3-c3ccccc3)c3cc4c(c5oc6ccccc6c35)-c3ccccc3C4(c3ccc4ccccc4c3)c3ccc4ccccc4c3)cc21. The van der Waals surface area contributed by atoms with E-state index in [2.05, 4.69) is 255 Å². The highest BCUT2D eigenvalue weighted by Crippen LogP contribution is 2.62. The van der Waals surface area contributed by atoms with Crippen LogP contribution in [0.1, 0.15) is 47.2 Å². The minimum Gasteiger partial charge on any atom is -0.455 e. The third-order valence-electron chi connectivity index (χ3n) is 15.3. The van der Waals surface area contributed by atoms with Crippen molar-refractivity contribution in [1.29, 1.82) is 0 Å². The zero-order valence-corrected chi connectivity index (χ0v) is 37.9. The molecule has 2 nitrogen and oxygen atoms in total. The smallest absolute Gasteiger partial charge is 0.145 e. The van der Waals surface area contributed by atoms with E-state index in [0.29, 0.717) is 0 Å². The van der Waals surface area contributed by atoms with Gasteiger partial charge in [0.05, 0.1) is 22.2 Å². The molecule has 2 aliphatic rings. The van der Waals surface area contributed by atoms with Crippen LogP contribution in [0.15, 0.2) is 241 Å². The second-order valence-electron chi connectivity index (χ2n) is 19.2. The average Bonchev–Trinajstić information content (AvgIpc) is 4.00. The quantitative estimate of drug-likeness (QED) is 0.166. The number of hydrogen-bond donors (Lipinski definition) is 0. The van der Waals surface area contributed by atoms with E-state index >= 15 is 0 Å². The van der Waals surface area contributed by atoms with Gasteiger partial charge in [-0.3, -0.25) is 0 Å². The maximum Gasteiger partial charge on any atom is 0.145 e. The van der Waals surface area contributed by atoms with Crippen molar-refractivity contribution in [2.24, 2.45) is 0 Å². The molecule has 0 saturated heterocycles. The van der Waals surface area contributed by atoms with Crippen LogP contribution in [-0.2, 0) is 10.8 Å². The van der Waals surface area contributed by atoms with Gasteiger partial charge in [0.2, 0.25) is 0 Å². The molecule has 12 aromatic rings. The molecule has 1 heterocycles. The minimum atomic E-state index is -0.728. The molecule has 14 rings (SSSR count). The van der Waals surface area contributed by atoms with Gasteiger partial charge in [0, 0.05) is 27.6 Å². The fourth-order valence-electron chi connectivity index (χ4n) is 12.2. The fraction of sp³-hybridized carbons (Fsp3) is 0.0606. The first-order valence-electron chi connectivity index (χ1n) is 23.7. The van der Waals surface area contributed by atoms with E-state index < -0.39 is 5.41 Å². The average molecular weight is 868 g/mol. The molecule has 0 fully saturated rings. The van der Waals surface area contributed by atoms with Crippen LogP contribution in [0.2, 0.25) is 0 Å². The summed E-state index contributed by atoms with van der Waals surface area (Å²) in [6.45, 7) is 4.75. The fourth-order valence-corrected chi connectivity index (χ4v) is 12.2. The van der Waals surface area contributed by atoms with E-state index in [-0.39, 0.29) is 5.41 Å². The van der Waals surface area contributed by atoms with Crippen LogP contribution >= 0.6 is 0 Å². The predicted molar refractivity (Wildman–Crippen MR) is 284 cm³/mol. The van der Waals surface area contributed by atoms with Gasteiger partial charge in [0.1, 0.15) is 11.2 Å².